The smallest absolute Gasteiger partial charge is 0.161 e. The van der Waals surface area contributed by atoms with Crippen molar-refractivity contribution in [3.63, 3.8) is 0 Å². The fourth-order valence-electron chi connectivity index (χ4n) is 4.10. The average Bonchev–Trinajstić information content (AvgIpc) is 2.74. The summed E-state index contributed by atoms with van der Waals surface area (Å²) in [5, 5.41) is 11.0. The molecule has 0 saturated carbocycles. The number of hydrogen-bond donors (Lipinski definition) is 1. The van der Waals surface area contributed by atoms with Gasteiger partial charge in [0.2, 0.25) is 0 Å². The number of ether oxygens (including phenoxy) is 2. The molecule has 0 unspecified atom stereocenters. The van der Waals surface area contributed by atoms with Crippen molar-refractivity contribution in [3.05, 3.63) is 87.9 Å². The van der Waals surface area contributed by atoms with Gasteiger partial charge in [-0.3, -0.25) is 4.90 Å². The number of benzene rings is 3. The van der Waals surface area contributed by atoms with Crippen molar-refractivity contribution in [2.45, 2.75) is 19.0 Å². The summed E-state index contributed by atoms with van der Waals surface area (Å²) in [7, 11) is 3.31. The minimum atomic E-state index is -0.00291. The summed E-state index contributed by atoms with van der Waals surface area (Å²) >= 11 is 6.33. The van der Waals surface area contributed by atoms with Gasteiger partial charge in [-0.05, 0) is 53.4 Å². The van der Waals surface area contributed by atoms with Crippen molar-refractivity contribution in [2.24, 2.45) is 0 Å². The van der Waals surface area contributed by atoms with Gasteiger partial charge in [0.25, 0.3) is 0 Å². The molecule has 5 heteroatoms. The first kappa shape index (κ1) is 19.6. The van der Waals surface area contributed by atoms with Crippen LogP contribution in [0, 0.1) is 0 Å². The van der Waals surface area contributed by atoms with Gasteiger partial charge in [-0.1, -0.05) is 41.9 Å². The van der Waals surface area contributed by atoms with E-state index in [2.05, 4.69) is 23.1 Å². The topological polar surface area (TPSA) is 41.9 Å². The summed E-state index contributed by atoms with van der Waals surface area (Å²) in [6.45, 7) is 1.49. The van der Waals surface area contributed by atoms with Gasteiger partial charge >= 0.3 is 0 Å². The quantitative estimate of drug-likeness (QED) is 0.628. The number of para-hydroxylation sites is 1. The van der Waals surface area contributed by atoms with Gasteiger partial charge in [0.05, 0.1) is 20.3 Å². The lowest BCUT2D eigenvalue weighted by Gasteiger charge is -2.38. The Morgan fingerprint density at radius 1 is 1.00 bits per heavy atom. The molecule has 3 aromatic rings. The minimum absolute atomic E-state index is 0.00291. The molecule has 3 aromatic carbocycles. The second kappa shape index (κ2) is 8.36. The number of rotatable bonds is 5. The molecule has 4 rings (SSSR count). The van der Waals surface area contributed by atoms with Crippen LogP contribution in [0.25, 0.3) is 0 Å². The Hall–Kier alpha value is -2.69. The minimum Gasteiger partial charge on any atom is -0.508 e. The first-order chi connectivity index (χ1) is 14.1. The molecule has 150 valence electrons. The molecule has 1 atom stereocenters. The number of phenolic OH excluding ortho intramolecular Hbond substituents is 1. The maximum atomic E-state index is 10.3. The zero-order valence-corrected chi connectivity index (χ0v) is 17.3. The lowest BCUT2D eigenvalue weighted by atomic mass is 9.87. The van der Waals surface area contributed by atoms with Crippen molar-refractivity contribution in [1.29, 1.82) is 0 Å². The molecule has 1 aliphatic heterocycles. The Morgan fingerprint density at radius 2 is 1.76 bits per heavy atom. The molecule has 4 nitrogen and oxygen atoms in total. The van der Waals surface area contributed by atoms with Crippen molar-refractivity contribution < 1.29 is 14.6 Å². The predicted molar refractivity (Wildman–Crippen MR) is 115 cm³/mol. The Balaban J connectivity index is 1.82. The number of halogens is 1. The van der Waals surface area contributed by atoms with Crippen LogP contribution in [0.3, 0.4) is 0 Å². The van der Waals surface area contributed by atoms with Crippen molar-refractivity contribution >= 4 is 11.6 Å². The second-order valence-corrected chi connectivity index (χ2v) is 7.65. The van der Waals surface area contributed by atoms with E-state index in [9.17, 15) is 5.11 Å². The molecule has 0 fully saturated rings. The number of hydrogen-bond acceptors (Lipinski definition) is 4. The van der Waals surface area contributed by atoms with Crippen LogP contribution < -0.4 is 9.47 Å². The first-order valence-electron chi connectivity index (χ1n) is 9.62. The van der Waals surface area contributed by atoms with Crippen molar-refractivity contribution in [3.8, 4) is 17.2 Å². The third-order valence-corrected chi connectivity index (χ3v) is 5.74. The molecular weight excluding hydrogens is 386 g/mol. The SMILES string of the molecule is COc1cc2c(cc1OC)[C@H](c1cccc(Cl)c1)N(Cc1ccccc1O)CC2. The van der Waals surface area contributed by atoms with Gasteiger partial charge < -0.3 is 14.6 Å². The Labute approximate surface area is 176 Å². The molecule has 29 heavy (non-hydrogen) atoms. The highest BCUT2D eigenvalue weighted by atomic mass is 35.5. The highest BCUT2D eigenvalue weighted by Gasteiger charge is 2.31. The molecule has 0 aliphatic carbocycles. The molecular formula is C24H24ClNO3. The molecule has 1 N–H and O–H groups in total. The standard InChI is InChI=1S/C24H24ClNO3/c1-28-22-13-16-10-11-26(15-18-6-3-4-9-21(18)27)24(20(16)14-23(22)29-2)17-7-5-8-19(25)12-17/h3-9,12-14,24,27H,10-11,15H2,1-2H3/t24-/m0/s1. The average molecular weight is 410 g/mol. The number of methoxy groups -OCH3 is 2. The van der Waals surface area contributed by atoms with Crippen LogP contribution in [0.15, 0.2) is 60.7 Å². The summed E-state index contributed by atoms with van der Waals surface area (Å²) in [6.07, 6.45) is 0.889. The summed E-state index contributed by atoms with van der Waals surface area (Å²) in [6, 6.07) is 19.6. The predicted octanol–water partition coefficient (Wildman–Crippen LogP) is 5.21. The van der Waals surface area contributed by atoms with E-state index in [0.29, 0.717) is 23.1 Å². The van der Waals surface area contributed by atoms with Crippen LogP contribution in [0.1, 0.15) is 28.3 Å². The monoisotopic (exact) mass is 409 g/mol. The van der Waals surface area contributed by atoms with Gasteiger partial charge in [-0.15, -0.1) is 0 Å². The number of fused-ring (bicyclic) bond motifs is 1. The van der Waals surface area contributed by atoms with Crippen LogP contribution >= 0.6 is 11.6 Å². The van der Waals surface area contributed by atoms with Gasteiger partial charge in [0.1, 0.15) is 5.75 Å². The van der Waals surface area contributed by atoms with Crippen LogP contribution in [-0.2, 0) is 13.0 Å². The van der Waals surface area contributed by atoms with Crippen LogP contribution in [0.2, 0.25) is 5.02 Å². The highest BCUT2D eigenvalue weighted by Crippen LogP contribution is 2.42. The fourth-order valence-corrected chi connectivity index (χ4v) is 4.30. The van der Waals surface area contributed by atoms with Crippen LogP contribution in [-0.4, -0.2) is 30.8 Å². The van der Waals surface area contributed by atoms with Crippen LogP contribution in [0.4, 0.5) is 0 Å². The summed E-state index contributed by atoms with van der Waals surface area (Å²) in [5.74, 6) is 1.77. The number of nitrogens with zero attached hydrogens (tertiary/aromatic N) is 1. The zero-order valence-electron chi connectivity index (χ0n) is 16.6. The van der Waals surface area contributed by atoms with E-state index < -0.39 is 0 Å². The van der Waals surface area contributed by atoms with Crippen molar-refractivity contribution in [2.75, 3.05) is 20.8 Å². The lowest BCUT2D eigenvalue weighted by molar-refractivity contribution is 0.201. The third-order valence-electron chi connectivity index (χ3n) is 5.50. The molecule has 1 heterocycles. The molecule has 0 radical (unpaired) electrons. The lowest BCUT2D eigenvalue weighted by Crippen LogP contribution is -2.35. The van der Waals surface area contributed by atoms with Gasteiger partial charge in [0.15, 0.2) is 11.5 Å². The molecule has 1 aliphatic rings. The molecule has 0 bridgehead atoms. The molecule has 0 aromatic heterocycles. The van der Waals surface area contributed by atoms with Gasteiger partial charge in [0, 0.05) is 23.7 Å². The van der Waals surface area contributed by atoms with E-state index in [1.165, 1.54) is 11.1 Å². The summed E-state index contributed by atoms with van der Waals surface area (Å²) < 4.78 is 11.1. The summed E-state index contributed by atoms with van der Waals surface area (Å²) in [5.41, 5.74) is 4.43. The van der Waals surface area contributed by atoms with Crippen LogP contribution in [0.5, 0.6) is 17.2 Å². The van der Waals surface area contributed by atoms with E-state index in [0.717, 1.165) is 29.8 Å². The Morgan fingerprint density at radius 3 is 2.48 bits per heavy atom. The van der Waals surface area contributed by atoms with E-state index in [1.54, 1.807) is 20.3 Å². The molecule has 0 spiro atoms. The maximum Gasteiger partial charge on any atom is 0.161 e. The van der Waals surface area contributed by atoms with Gasteiger partial charge in [-0.2, -0.15) is 0 Å². The first-order valence-corrected chi connectivity index (χ1v) is 9.99. The fraction of sp³-hybridized carbons (Fsp3) is 0.250. The van der Waals surface area contributed by atoms with E-state index >= 15 is 0 Å². The molecule has 0 amide bonds. The van der Waals surface area contributed by atoms with Gasteiger partial charge in [-0.25, -0.2) is 0 Å². The van der Waals surface area contributed by atoms with E-state index in [-0.39, 0.29) is 6.04 Å². The van der Waals surface area contributed by atoms with E-state index in [4.69, 9.17) is 21.1 Å². The number of phenols is 1. The molecule has 0 saturated heterocycles. The Kier molecular flexibility index (Phi) is 5.65. The normalized spacial score (nSPS) is 16.3. The maximum absolute atomic E-state index is 10.3. The largest absolute Gasteiger partial charge is 0.508 e. The summed E-state index contributed by atoms with van der Waals surface area (Å²) in [4.78, 5) is 2.37. The zero-order chi connectivity index (χ0) is 20.4. The number of aromatic hydroxyl groups is 1. The highest BCUT2D eigenvalue weighted by molar-refractivity contribution is 6.30. The van der Waals surface area contributed by atoms with Crippen molar-refractivity contribution in [1.82, 2.24) is 4.90 Å². The second-order valence-electron chi connectivity index (χ2n) is 7.21. The third kappa shape index (κ3) is 3.91. The Bertz CT molecular complexity index is 1020. The van der Waals surface area contributed by atoms with E-state index in [1.807, 2.05) is 36.4 Å².